The molecule has 0 spiro atoms. The van der Waals surface area contributed by atoms with Crippen LogP contribution in [0.1, 0.15) is 48.4 Å². The zero-order valence-electron chi connectivity index (χ0n) is 13.0. The van der Waals surface area contributed by atoms with E-state index in [2.05, 4.69) is 62.4 Å². The van der Waals surface area contributed by atoms with E-state index in [0.29, 0.717) is 5.92 Å². The molecule has 1 unspecified atom stereocenters. The van der Waals surface area contributed by atoms with Gasteiger partial charge in [-0.25, -0.2) is 0 Å². The maximum absolute atomic E-state index is 6.10. The number of hydrogen-bond acceptors (Lipinski definition) is 1. The Morgan fingerprint density at radius 1 is 0.905 bits per heavy atom. The lowest BCUT2D eigenvalue weighted by molar-refractivity contribution is 0.0486. The molecule has 0 N–H and O–H groups in total. The van der Waals surface area contributed by atoms with Crippen LogP contribution in [0, 0.1) is 0 Å². The fourth-order valence-electron chi connectivity index (χ4n) is 3.63. The van der Waals surface area contributed by atoms with E-state index in [9.17, 15) is 0 Å². The number of benzene rings is 2. The molecule has 2 aromatic rings. The zero-order chi connectivity index (χ0) is 14.7. The number of fused-ring (bicyclic) bond motifs is 2. The lowest BCUT2D eigenvalue weighted by atomic mass is 9.83. The highest BCUT2D eigenvalue weighted by Gasteiger charge is 2.29. The summed E-state index contributed by atoms with van der Waals surface area (Å²) >= 11 is 0. The minimum atomic E-state index is 0.260. The van der Waals surface area contributed by atoms with E-state index in [1.165, 1.54) is 22.3 Å². The molecule has 1 atom stereocenters. The van der Waals surface area contributed by atoms with Crippen LogP contribution >= 0.6 is 0 Å². The molecule has 3 rings (SSSR count). The Kier molecular flexibility index (Phi) is 4.40. The predicted octanol–water partition coefficient (Wildman–Crippen LogP) is 4.73. The second-order valence-corrected chi connectivity index (χ2v) is 5.78. The van der Waals surface area contributed by atoms with E-state index in [1.807, 2.05) is 0 Å². The molecule has 1 aliphatic rings. The summed E-state index contributed by atoms with van der Waals surface area (Å²) in [6.45, 7) is 5.10. The summed E-state index contributed by atoms with van der Waals surface area (Å²) in [7, 11) is 0. The van der Waals surface area contributed by atoms with Gasteiger partial charge < -0.3 is 4.74 Å². The Labute approximate surface area is 128 Å². The largest absolute Gasteiger partial charge is 0.378 e. The van der Waals surface area contributed by atoms with E-state index in [1.54, 1.807) is 0 Å². The zero-order valence-corrected chi connectivity index (χ0v) is 13.0. The molecule has 0 aromatic heterocycles. The Hall–Kier alpha value is -1.60. The molecule has 0 amide bonds. The van der Waals surface area contributed by atoms with Gasteiger partial charge >= 0.3 is 0 Å². The number of rotatable bonds is 4. The van der Waals surface area contributed by atoms with Crippen LogP contribution in [0.5, 0.6) is 0 Å². The quantitative estimate of drug-likeness (QED) is 0.786. The molecular formula is C20H24O. The summed E-state index contributed by atoms with van der Waals surface area (Å²) in [5, 5.41) is 0. The Morgan fingerprint density at radius 2 is 1.43 bits per heavy atom. The fraction of sp³-hybridized carbons (Fsp3) is 0.400. The van der Waals surface area contributed by atoms with Gasteiger partial charge in [-0.3, -0.25) is 0 Å². The van der Waals surface area contributed by atoms with E-state index < -0.39 is 0 Å². The van der Waals surface area contributed by atoms with Crippen LogP contribution in [0.4, 0.5) is 0 Å². The first-order valence-electron chi connectivity index (χ1n) is 8.12. The average Bonchev–Trinajstić information content (AvgIpc) is 2.70. The monoisotopic (exact) mass is 280 g/mol. The Balaban J connectivity index is 2.14. The normalized spacial score (nSPS) is 15.9. The Morgan fingerprint density at radius 3 is 1.90 bits per heavy atom. The molecule has 21 heavy (non-hydrogen) atoms. The minimum absolute atomic E-state index is 0.260. The van der Waals surface area contributed by atoms with Crippen molar-refractivity contribution >= 4 is 0 Å². The van der Waals surface area contributed by atoms with Crippen LogP contribution in [0.3, 0.4) is 0 Å². The van der Waals surface area contributed by atoms with Crippen molar-refractivity contribution in [2.45, 2.75) is 45.1 Å². The number of hydrogen-bond donors (Lipinski definition) is 0. The standard InChI is InChI=1S/C20H24O/c1-3-19(21-4-2)20-17-11-7-5-9-15(17)13-14-16-10-6-8-12-18(16)20/h5-12,19-20H,3-4,13-14H2,1-2H3. The molecule has 0 fully saturated rings. The topological polar surface area (TPSA) is 9.23 Å². The molecule has 0 bridgehead atoms. The fourth-order valence-corrected chi connectivity index (χ4v) is 3.63. The SMILES string of the molecule is CCOC(CC)C1c2ccccc2CCc2ccccc21. The maximum Gasteiger partial charge on any atom is 0.0681 e. The highest BCUT2D eigenvalue weighted by molar-refractivity contribution is 5.45. The van der Waals surface area contributed by atoms with Crippen LogP contribution < -0.4 is 0 Å². The van der Waals surface area contributed by atoms with Crippen molar-refractivity contribution in [1.29, 1.82) is 0 Å². The number of ether oxygens (including phenoxy) is 1. The van der Waals surface area contributed by atoms with E-state index in [-0.39, 0.29) is 6.10 Å². The van der Waals surface area contributed by atoms with Crippen molar-refractivity contribution in [2.75, 3.05) is 6.61 Å². The van der Waals surface area contributed by atoms with E-state index >= 15 is 0 Å². The second-order valence-electron chi connectivity index (χ2n) is 5.78. The first kappa shape index (κ1) is 14.3. The summed E-state index contributed by atoms with van der Waals surface area (Å²) in [5.74, 6) is 0.366. The predicted molar refractivity (Wildman–Crippen MR) is 87.8 cm³/mol. The van der Waals surface area contributed by atoms with Gasteiger partial charge in [0.05, 0.1) is 6.10 Å². The van der Waals surface area contributed by atoms with Crippen LogP contribution in [0.25, 0.3) is 0 Å². The van der Waals surface area contributed by atoms with Gasteiger partial charge in [-0.1, -0.05) is 55.5 Å². The lowest BCUT2D eigenvalue weighted by Crippen LogP contribution is -2.23. The van der Waals surface area contributed by atoms with Crippen LogP contribution in [-0.2, 0) is 17.6 Å². The first-order valence-corrected chi connectivity index (χ1v) is 8.12. The van der Waals surface area contributed by atoms with Crippen molar-refractivity contribution in [3.05, 3.63) is 70.8 Å². The van der Waals surface area contributed by atoms with Gasteiger partial charge in [0.15, 0.2) is 0 Å². The van der Waals surface area contributed by atoms with Gasteiger partial charge in [0.1, 0.15) is 0 Å². The van der Waals surface area contributed by atoms with Gasteiger partial charge in [0.25, 0.3) is 0 Å². The highest BCUT2D eigenvalue weighted by atomic mass is 16.5. The third-order valence-electron chi connectivity index (χ3n) is 4.60. The average molecular weight is 280 g/mol. The first-order chi connectivity index (χ1) is 10.3. The maximum atomic E-state index is 6.10. The summed E-state index contributed by atoms with van der Waals surface area (Å²) in [5.41, 5.74) is 5.89. The van der Waals surface area contributed by atoms with Crippen molar-refractivity contribution < 1.29 is 4.74 Å². The molecule has 1 aliphatic carbocycles. The summed E-state index contributed by atoms with van der Waals surface area (Å²) in [6, 6.07) is 17.8. The summed E-state index contributed by atoms with van der Waals surface area (Å²) < 4.78 is 6.10. The molecular weight excluding hydrogens is 256 g/mol. The van der Waals surface area contributed by atoms with Gasteiger partial charge in [-0.15, -0.1) is 0 Å². The number of aryl methyl sites for hydroxylation is 2. The smallest absolute Gasteiger partial charge is 0.0681 e. The second kappa shape index (κ2) is 6.44. The molecule has 0 saturated carbocycles. The molecule has 0 heterocycles. The highest BCUT2D eigenvalue weighted by Crippen LogP contribution is 2.38. The van der Waals surface area contributed by atoms with Gasteiger partial charge in [-0.2, -0.15) is 0 Å². The molecule has 0 saturated heterocycles. The molecule has 110 valence electrons. The molecule has 1 heteroatoms. The van der Waals surface area contributed by atoms with Crippen LogP contribution in [0.15, 0.2) is 48.5 Å². The van der Waals surface area contributed by atoms with Crippen molar-refractivity contribution in [3.8, 4) is 0 Å². The van der Waals surface area contributed by atoms with Gasteiger partial charge in [0, 0.05) is 12.5 Å². The summed E-state index contributed by atoms with van der Waals surface area (Å²) in [6.07, 6.45) is 3.56. The van der Waals surface area contributed by atoms with Crippen LogP contribution in [-0.4, -0.2) is 12.7 Å². The van der Waals surface area contributed by atoms with Gasteiger partial charge in [-0.05, 0) is 48.4 Å². The molecule has 0 aliphatic heterocycles. The molecule has 2 aromatic carbocycles. The minimum Gasteiger partial charge on any atom is -0.378 e. The summed E-state index contributed by atoms with van der Waals surface area (Å²) in [4.78, 5) is 0. The van der Waals surface area contributed by atoms with E-state index in [0.717, 1.165) is 25.9 Å². The van der Waals surface area contributed by atoms with Crippen molar-refractivity contribution in [1.82, 2.24) is 0 Å². The lowest BCUT2D eigenvalue weighted by Gasteiger charge is -2.28. The molecule has 0 radical (unpaired) electrons. The van der Waals surface area contributed by atoms with Crippen molar-refractivity contribution in [3.63, 3.8) is 0 Å². The van der Waals surface area contributed by atoms with Crippen molar-refractivity contribution in [2.24, 2.45) is 0 Å². The third kappa shape index (κ3) is 2.75. The molecule has 1 nitrogen and oxygen atoms in total. The van der Waals surface area contributed by atoms with Gasteiger partial charge in [0.2, 0.25) is 0 Å². The third-order valence-corrected chi connectivity index (χ3v) is 4.60. The Bertz CT molecular complexity index is 555. The van der Waals surface area contributed by atoms with E-state index in [4.69, 9.17) is 4.74 Å². The van der Waals surface area contributed by atoms with Crippen LogP contribution in [0.2, 0.25) is 0 Å².